The lowest BCUT2D eigenvalue weighted by molar-refractivity contribution is 1.26. The van der Waals surface area contributed by atoms with Crippen LogP contribution in [-0.4, -0.2) is 10.9 Å². The van der Waals surface area contributed by atoms with Crippen LogP contribution in [0.5, 0.6) is 0 Å². The third kappa shape index (κ3) is 3.25. The summed E-state index contributed by atoms with van der Waals surface area (Å²) in [5.74, 6) is 6.47. The number of hydrogen-bond donors (Lipinski definition) is 0. The Kier molecular flexibility index (Phi) is 4.13. The molecule has 0 fully saturated rings. The fraction of sp³-hybridized carbons (Fsp3) is 0.222. The molecule has 1 rings (SSSR count). The van der Waals surface area contributed by atoms with Crippen molar-refractivity contribution >= 4 is 27.5 Å². The monoisotopic (exact) mass is 243 g/mol. The van der Waals surface area contributed by atoms with Crippen LogP contribution in [0.15, 0.2) is 22.9 Å². The van der Waals surface area contributed by atoms with Crippen LogP contribution in [-0.2, 0) is 0 Å². The highest BCUT2D eigenvalue weighted by atomic mass is 79.9. The SMILES string of the molecule is ClCCC#Cc1ccc(Br)nc1. The van der Waals surface area contributed by atoms with Crippen molar-refractivity contribution in [3.05, 3.63) is 28.5 Å². The molecule has 1 aromatic rings. The highest BCUT2D eigenvalue weighted by Crippen LogP contribution is 2.04. The molecule has 0 amide bonds. The van der Waals surface area contributed by atoms with Crippen LogP contribution in [0.2, 0.25) is 0 Å². The summed E-state index contributed by atoms with van der Waals surface area (Å²) in [6.45, 7) is 0. The topological polar surface area (TPSA) is 12.9 Å². The molecular weight excluding hydrogens is 237 g/mol. The number of alkyl halides is 1. The lowest BCUT2D eigenvalue weighted by atomic mass is 10.3. The molecule has 0 aromatic carbocycles. The van der Waals surface area contributed by atoms with Crippen LogP contribution in [0.25, 0.3) is 0 Å². The average Bonchev–Trinajstić information content (AvgIpc) is 2.09. The van der Waals surface area contributed by atoms with Gasteiger partial charge in [-0.1, -0.05) is 11.8 Å². The maximum Gasteiger partial charge on any atom is 0.106 e. The lowest BCUT2D eigenvalue weighted by Gasteiger charge is -1.88. The molecular formula is C9H7BrClN. The fourth-order valence-corrected chi connectivity index (χ4v) is 0.991. The second kappa shape index (κ2) is 5.18. The van der Waals surface area contributed by atoms with E-state index in [1.807, 2.05) is 12.1 Å². The molecule has 0 aliphatic rings. The van der Waals surface area contributed by atoms with Crippen molar-refractivity contribution in [3.63, 3.8) is 0 Å². The maximum atomic E-state index is 5.47. The van der Waals surface area contributed by atoms with E-state index in [9.17, 15) is 0 Å². The van der Waals surface area contributed by atoms with Crippen LogP contribution in [0.1, 0.15) is 12.0 Å². The standard InChI is InChI=1S/C9H7BrClN/c10-9-5-4-8(7-12-9)3-1-2-6-11/h4-5,7H,2,6H2. The molecule has 3 heteroatoms. The summed E-state index contributed by atoms with van der Waals surface area (Å²) < 4.78 is 0.824. The normalized spacial score (nSPS) is 8.83. The van der Waals surface area contributed by atoms with E-state index in [2.05, 4.69) is 32.8 Å². The van der Waals surface area contributed by atoms with Crippen molar-refractivity contribution in [2.75, 3.05) is 5.88 Å². The van der Waals surface area contributed by atoms with E-state index in [1.54, 1.807) is 6.20 Å². The zero-order valence-corrected chi connectivity index (χ0v) is 8.69. The molecule has 62 valence electrons. The molecule has 1 nitrogen and oxygen atoms in total. The van der Waals surface area contributed by atoms with E-state index in [0.29, 0.717) is 5.88 Å². The van der Waals surface area contributed by atoms with Crippen molar-refractivity contribution in [3.8, 4) is 11.8 Å². The smallest absolute Gasteiger partial charge is 0.106 e. The number of aromatic nitrogens is 1. The summed E-state index contributed by atoms with van der Waals surface area (Å²) in [6, 6.07) is 3.78. The third-order valence-electron chi connectivity index (χ3n) is 1.18. The fourth-order valence-electron chi connectivity index (χ4n) is 0.662. The molecule has 0 atom stereocenters. The van der Waals surface area contributed by atoms with E-state index < -0.39 is 0 Å². The second-order valence-corrected chi connectivity index (χ2v) is 3.30. The van der Waals surface area contributed by atoms with Gasteiger partial charge >= 0.3 is 0 Å². The largest absolute Gasteiger partial charge is 0.248 e. The number of hydrogen-bond acceptors (Lipinski definition) is 1. The zero-order valence-electron chi connectivity index (χ0n) is 6.35. The Morgan fingerprint density at radius 3 is 2.92 bits per heavy atom. The molecule has 0 unspecified atom stereocenters. The van der Waals surface area contributed by atoms with Crippen molar-refractivity contribution in [2.24, 2.45) is 0 Å². The highest BCUT2D eigenvalue weighted by Gasteiger charge is 1.87. The molecule has 0 aliphatic heterocycles. The van der Waals surface area contributed by atoms with Crippen molar-refractivity contribution in [1.29, 1.82) is 0 Å². The molecule has 1 heterocycles. The van der Waals surface area contributed by atoms with Crippen LogP contribution >= 0.6 is 27.5 Å². The van der Waals surface area contributed by atoms with Crippen LogP contribution in [0.3, 0.4) is 0 Å². The van der Waals surface area contributed by atoms with Crippen molar-refractivity contribution in [2.45, 2.75) is 6.42 Å². The predicted octanol–water partition coefficient (Wildman–Crippen LogP) is 2.82. The van der Waals surface area contributed by atoms with Gasteiger partial charge in [-0.2, -0.15) is 0 Å². The van der Waals surface area contributed by atoms with Gasteiger partial charge in [0.05, 0.1) is 0 Å². The Hall–Kier alpha value is -0.520. The second-order valence-electron chi connectivity index (χ2n) is 2.11. The van der Waals surface area contributed by atoms with E-state index in [4.69, 9.17) is 11.6 Å². The number of halogens is 2. The minimum atomic E-state index is 0.580. The van der Waals surface area contributed by atoms with E-state index in [-0.39, 0.29) is 0 Å². The first kappa shape index (κ1) is 9.57. The van der Waals surface area contributed by atoms with Gasteiger partial charge in [-0.3, -0.25) is 0 Å². The Labute approximate surface area is 85.3 Å². The number of rotatable bonds is 1. The van der Waals surface area contributed by atoms with Gasteiger partial charge in [-0.25, -0.2) is 4.98 Å². The van der Waals surface area contributed by atoms with Crippen LogP contribution < -0.4 is 0 Å². The summed E-state index contributed by atoms with van der Waals surface area (Å²) >= 11 is 8.71. The van der Waals surface area contributed by atoms with Crippen molar-refractivity contribution < 1.29 is 0 Å². The van der Waals surface area contributed by atoms with Gasteiger partial charge in [-0.15, -0.1) is 11.6 Å². The number of nitrogens with zero attached hydrogens (tertiary/aromatic N) is 1. The van der Waals surface area contributed by atoms with Gasteiger partial charge in [0.15, 0.2) is 0 Å². The quantitative estimate of drug-likeness (QED) is 0.421. The Balaban J connectivity index is 2.66. The van der Waals surface area contributed by atoms with Crippen LogP contribution in [0.4, 0.5) is 0 Å². The Morgan fingerprint density at radius 1 is 1.50 bits per heavy atom. The summed E-state index contributed by atoms with van der Waals surface area (Å²) in [7, 11) is 0. The van der Waals surface area contributed by atoms with Gasteiger partial charge in [0.25, 0.3) is 0 Å². The summed E-state index contributed by atoms with van der Waals surface area (Å²) in [5.41, 5.74) is 0.920. The minimum Gasteiger partial charge on any atom is -0.248 e. The first-order valence-corrected chi connectivity index (χ1v) is 4.82. The summed E-state index contributed by atoms with van der Waals surface area (Å²) in [5, 5.41) is 0. The first-order valence-electron chi connectivity index (χ1n) is 3.49. The molecule has 0 radical (unpaired) electrons. The molecule has 0 N–H and O–H groups in total. The van der Waals surface area contributed by atoms with E-state index in [0.717, 1.165) is 16.6 Å². The van der Waals surface area contributed by atoms with Gasteiger partial charge in [0, 0.05) is 24.1 Å². The predicted molar refractivity (Wildman–Crippen MR) is 54.2 cm³/mol. The molecule has 12 heavy (non-hydrogen) atoms. The molecule has 0 spiro atoms. The van der Waals surface area contributed by atoms with Crippen molar-refractivity contribution in [1.82, 2.24) is 4.98 Å². The molecule has 0 aliphatic carbocycles. The average molecular weight is 245 g/mol. The molecule has 0 saturated heterocycles. The van der Waals surface area contributed by atoms with Gasteiger partial charge < -0.3 is 0 Å². The first-order chi connectivity index (χ1) is 5.83. The van der Waals surface area contributed by atoms with E-state index in [1.165, 1.54) is 0 Å². The minimum absolute atomic E-state index is 0.580. The lowest BCUT2D eigenvalue weighted by Crippen LogP contribution is -1.78. The molecule has 0 saturated carbocycles. The number of pyridine rings is 1. The third-order valence-corrected chi connectivity index (χ3v) is 1.84. The highest BCUT2D eigenvalue weighted by molar-refractivity contribution is 9.10. The summed E-state index contributed by atoms with van der Waals surface area (Å²) in [6.07, 6.45) is 2.45. The zero-order chi connectivity index (χ0) is 8.81. The van der Waals surface area contributed by atoms with Gasteiger partial charge in [0.2, 0.25) is 0 Å². The Morgan fingerprint density at radius 2 is 2.33 bits per heavy atom. The van der Waals surface area contributed by atoms with Gasteiger partial charge in [-0.05, 0) is 28.1 Å². The summed E-state index contributed by atoms with van der Waals surface area (Å²) in [4.78, 5) is 4.04. The Bertz CT molecular complexity index is 297. The van der Waals surface area contributed by atoms with Gasteiger partial charge in [0.1, 0.15) is 4.60 Å². The van der Waals surface area contributed by atoms with Crippen LogP contribution in [0, 0.1) is 11.8 Å². The molecule has 0 bridgehead atoms. The maximum absolute atomic E-state index is 5.47. The van der Waals surface area contributed by atoms with E-state index >= 15 is 0 Å². The molecule has 1 aromatic heterocycles.